The summed E-state index contributed by atoms with van der Waals surface area (Å²) in [4.78, 5) is 12.2. The minimum atomic E-state index is -1.37. The lowest BCUT2D eigenvalue weighted by Gasteiger charge is -2.22. The van der Waals surface area contributed by atoms with Gasteiger partial charge in [0, 0.05) is 12.7 Å². The number of hydrogen-bond donors (Lipinski definition) is 1. The Balaban J connectivity index is 2.53. The van der Waals surface area contributed by atoms with E-state index in [-0.39, 0.29) is 5.69 Å². The Hall–Kier alpha value is -2.43. The van der Waals surface area contributed by atoms with Crippen molar-refractivity contribution in [2.45, 2.75) is 13.8 Å². The molecule has 2 rings (SSSR count). The number of nitrogens with zero attached hydrogens (tertiary/aromatic N) is 1. The molecule has 0 saturated carbocycles. The first-order chi connectivity index (χ1) is 9.79. The van der Waals surface area contributed by atoms with Crippen molar-refractivity contribution in [3.8, 4) is 0 Å². The number of carboxylic acid groups (broad SMARTS) is 1. The number of anilines is 2. The third-order valence-corrected chi connectivity index (χ3v) is 3.19. The summed E-state index contributed by atoms with van der Waals surface area (Å²) in [5.74, 6) is -3.18. The Morgan fingerprint density at radius 3 is 1.90 bits per heavy atom. The Labute approximate surface area is 121 Å². The highest BCUT2D eigenvalue weighted by molar-refractivity contribution is 5.88. The van der Waals surface area contributed by atoms with E-state index in [1.54, 1.807) is 12.1 Å². The average molecular weight is 291 g/mol. The van der Waals surface area contributed by atoms with Gasteiger partial charge in [0.05, 0.1) is 5.56 Å². The fourth-order valence-electron chi connectivity index (χ4n) is 2.28. The second-order valence-corrected chi connectivity index (χ2v) is 5.00. The largest absolute Gasteiger partial charge is 0.478 e. The van der Waals surface area contributed by atoms with Crippen LogP contribution in [0.25, 0.3) is 0 Å². The monoisotopic (exact) mass is 291 g/mol. The van der Waals surface area contributed by atoms with E-state index in [9.17, 15) is 13.6 Å². The quantitative estimate of drug-likeness (QED) is 0.927. The molecule has 5 heteroatoms. The SMILES string of the molecule is Cc1cc(C)cc(N(C)c2c(F)cc(C(=O)O)cc2F)c1. The Morgan fingerprint density at radius 2 is 1.48 bits per heavy atom. The van der Waals surface area contributed by atoms with Crippen LogP contribution in [0.5, 0.6) is 0 Å². The highest BCUT2D eigenvalue weighted by Crippen LogP contribution is 2.31. The zero-order valence-corrected chi connectivity index (χ0v) is 11.9. The third kappa shape index (κ3) is 3.02. The van der Waals surface area contributed by atoms with Crippen molar-refractivity contribution in [2.75, 3.05) is 11.9 Å². The summed E-state index contributed by atoms with van der Waals surface area (Å²) in [5.41, 5.74) is 1.89. The van der Waals surface area contributed by atoms with E-state index >= 15 is 0 Å². The molecule has 0 unspecified atom stereocenters. The summed E-state index contributed by atoms with van der Waals surface area (Å²) in [7, 11) is 1.54. The molecule has 0 aliphatic carbocycles. The van der Waals surface area contributed by atoms with Crippen molar-refractivity contribution < 1.29 is 18.7 Å². The summed E-state index contributed by atoms with van der Waals surface area (Å²) in [5, 5.41) is 8.81. The molecule has 2 aromatic rings. The number of carbonyl (C=O) groups is 1. The van der Waals surface area contributed by atoms with E-state index in [0.717, 1.165) is 23.3 Å². The van der Waals surface area contributed by atoms with E-state index in [1.807, 2.05) is 19.9 Å². The molecule has 3 nitrogen and oxygen atoms in total. The highest BCUT2D eigenvalue weighted by Gasteiger charge is 2.19. The highest BCUT2D eigenvalue weighted by atomic mass is 19.1. The molecule has 0 aliphatic rings. The second kappa shape index (κ2) is 5.52. The van der Waals surface area contributed by atoms with Gasteiger partial charge in [0.15, 0.2) is 11.6 Å². The number of halogens is 2. The molecule has 21 heavy (non-hydrogen) atoms. The molecular formula is C16H15F2NO2. The summed E-state index contributed by atoms with van der Waals surface area (Å²) in [6.45, 7) is 3.79. The molecule has 2 aromatic carbocycles. The molecule has 1 N–H and O–H groups in total. The van der Waals surface area contributed by atoms with Crippen LogP contribution in [0, 0.1) is 25.5 Å². The minimum Gasteiger partial charge on any atom is -0.478 e. The molecule has 0 amide bonds. The smallest absolute Gasteiger partial charge is 0.335 e. The molecule has 0 fully saturated rings. The van der Waals surface area contributed by atoms with Crippen molar-refractivity contribution in [3.63, 3.8) is 0 Å². The molecule has 0 saturated heterocycles. The number of hydrogen-bond acceptors (Lipinski definition) is 2. The lowest BCUT2D eigenvalue weighted by Crippen LogP contribution is -2.14. The van der Waals surface area contributed by atoms with Gasteiger partial charge in [0.1, 0.15) is 5.69 Å². The third-order valence-electron chi connectivity index (χ3n) is 3.19. The molecule has 0 spiro atoms. The van der Waals surface area contributed by atoms with Gasteiger partial charge in [-0.1, -0.05) is 6.07 Å². The molecule has 0 aromatic heterocycles. The van der Waals surface area contributed by atoms with E-state index in [1.165, 1.54) is 11.9 Å². The number of benzene rings is 2. The van der Waals surface area contributed by atoms with E-state index in [2.05, 4.69) is 0 Å². The van der Waals surface area contributed by atoms with Crippen LogP contribution in [0.15, 0.2) is 30.3 Å². The maximum Gasteiger partial charge on any atom is 0.335 e. The number of rotatable bonds is 3. The first-order valence-electron chi connectivity index (χ1n) is 6.34. The van der Waals surface area contributed by atoms with Crippen LogP contribution in [-0.4, -0.2) is 18.1 Å². The van der Waals surface area contributed by atoms with Gasteiger partial charge < -0.3 is 10.0 Å². The van der Waals surface area contributed by atoms with Crippen molar-refractivity contribution in [2.24, 2.45) is 0 Å². The molecule has 0 atom stereocenters. The van der Waals surface area contributed by atoms with Gasteiger partial charge in [-0.2, -0.15) is 0 Å². The second-order valence-electron chi connectivity index (χ2n) is 5.00. The van der Waals surface area contributed by atoms with Crippen molar-refractivity contribution >= 4 is 17.3 Å². The predicted molar refractivity (Wildman–Crippen MR) is 77.3 cm³/mol. The van der Waals surface area contributed by atoms with E-state index in [4.69, 9.17) is 5.11 Å². The minimum absolute atomic E-state index is 0.273. The maximum atomic E-state index is 14.1. The van der Waals surface area contributed by atoms with Crippen molar-refractivity contribution in [1.29, 1.82) is 0 Å². The normalized spacial score (nSPS) is 10.5. The lowest BCUT2D eigenvalue weighted by atomic mass is 10.1. The van der Waals surface area contributed by atoms with Crippen LogP contribution >= 0.6 is 0 Å². The Bertz CT molecular complexity index is 670. The van der Waals surface area contributed by atoms with Crippen LogP contribution in [0.4, 0.5) is 20.2 Å². The molecule has 110 valence electrons. The van der Waals surface area contributed by atoms with Gasteiger partial charge in [0.2, 0.25) is 0 Å². The van der Waals surface area contributed by atoms with E-state index in [0.29, 0.717) is 5.69 Å². The fraction of sp³-hybridized carbons (Fsp3) is 0.188. The molecule has 0 aliphatic heterocycles. The van der Waals surface area contributed by atoms with Crippen LogP contribution in [0.1, 0.15) is 21.5 Å². The Kier molecular flexibility index (Phi) is 3.93. The van der Waals surface area contributed by atoms with Crippen LogP contribution in [0.2, 0.25) is 0 Å². The summed E-state index contributed by atoms with van der Waals surface area (Å²) < 4.78 is 28.1. The van der Waals surface area contributed by atoms with Gasteiger partial charge in [0.25, 0.3) is 0 Å². The molecule has 0 bridgehead atoms. The van der Waals surface area contributed by atoms with Crippen molar-refractivity contribution in [3.05, 3.63) is 58.7 Å². The number of aryl methyl sites for hydroxylation is 2. The lowest BCUT2D eigenvalue weighted by molar-refractivity contribution is 0.0696. The van der Waals surface area contributed by atoms with Gasteiger partial charge in [-0.3, -0.25) is 0 Å². The number of aromatic carboxylic acids is 1. The van der Waals surface area contributed by atoms with Gasteiger partial charge in [-0.25, -0.2) is 13.6 Å². The first-order valence-corrected chi connectivity index (χ1v) is 6.34. The summed E-state index contributed by atoms with van der Waals surface area (Å²) >= 11 is 0. The molecular weight excluding hydrogens is 276 g/mol. The standard InChI is InChI=1S/C16H15F2NO2/c1-9-4-10(2)6-12(5-9)19(3)15-13(17)7-11(16(20)21)8-14(15)18/h4-8H,1-3H3,(H,20,21). The van der Waals surface area contributed by atoms with Crippen molar-refractivity contribution in [1.82, 2.24) is 0 Å². The first kappa shape index (κ1) is 15.0. The van der Waals surface area contributed by atoms with Gasteiger partial charge >= 0.3 is 5.97 Å². The van der Waals surface area contributed by atoms with Crippen LogP contribution in [-0.2, 0) is 0 Å². The van der Waals surface area contributed by atoms with E-state index < -0.39 is 23.2 Å². The molecule has 0 radical (unpaired) electrons. The summed E-state index contributed by atoms with van der Waals surface area (Å²) in [6.07, 6.45) is 0. The maximum absolute atomic E-state index is 14.1. The van der Waals surface area contributed by atoms with Gasteiger partial charge in [-0.15, -0.1) is 0 Å². The zero-order chi connectivity index (χ0) is 15.7. The van der Waals surface area contributed by atoms with Crippen LogP contribution in [0.3, 0.4) is 0 Å². The zero-order valence-electron chi connectivity index (χ0n) is 11.9. The molecule has 0 heterocycles. The topological polar surface area (TPSA) is 40.5 Å². The summed E-state index contributed by atoms with van der Waals surface area (Å²) in [6, 6.07) is 7.20. The average Bonchev–Trinajstić information content (AvgIpc) is 2.36. The number of carboxylic acids is 1. The fourth-order valence-corrected chi connectivity index (χ4v) is 2.28. The predicted octanol–water partition coefficient (Wildman–Crippen LogP) is 4.05. The Morgan fingerprint density at radius 1 is 1.00 bits per heavy atom. The van der Waals surface area contributed by atoms with Crippen LogP contribution < -0.4 is 4.90 Å². The van der Waals surface area contributed by atoms with Gasteiger partial charge in [-0.05, 0) is 49.2 Å².